The third-order valence-electron chi connectivity index (χ3n) is 4.91. The number of aromatic amines is 1. The number of hydrogen-bond acceptors (Lipinski definition) is 3. The Hall–Kier alpha value is -2.04. The molecule has 1 fully saturated rings. The molecule has 0 bridgehead atoms. The van der Waals surface area contributed by atoms with E-state index >= 15 is 0 Å². The van der Waals surface area contributed by atoms with Crippen LogP contribution in [0.5, 0.6) is 5.75 Å². The lowest BCUT2D eigenvalue weighted by Crippen LogP contribution is -2.36. The van der Waals surface area contributed by atoms with Crippen LogP contribution < -0.4 is 4.74 Å². The summed E-state index contributed by atoms with van der Waals surface area (Å²) in [4.78, 5) is 5.83. The predicted octanol–water partition coefficient (Wildman–Crippen LogP) is 4.84. The summed E-state index contributed by atoms with van der Waals surface area (Å²) >= 11 is 0. The molecule has 0 spiro atoms. The number of nitrogens with zero attached hydrogens (tertiary/aromatic N) is 1. The number of H-pyrrole nitrogens is 1. The van der Waals surface area contributed by atoms with Gasteiger partial charge in [0.2, 0.25) is 0 Å². The molecular formula is C22H32N2O2. The first kappa shape index (κ1) is 20.3. The lowest BCUT2D eigenvalue weighted by Gasteiger charge is -2.31. The molecule has 2 aromatic rings. The average Bonchev–Trinajstić information content (AvgIpc) is 3.16. The lowest BCUT2D eigenvalue weighted by molar-refractivity contribution is 0.0388. The minimum Gasteiger partial charge on any atom is -0.496 e. The number of aromatic nitrogens is 1. The number of hydrogen-bond donors (Lipinski definition) is 1. The summed E-state index contributed by atoms with van der Waals surface area (Å²) in [5.41, 5.74) is 3.74. The van der Waals surface area contributed by atoms with Crippen molar-refractivity contribution in [1.82, 2.24) is 9.88 Å². The summed E-state index contributed by atoms with van der Waals surface area (Å²) in [6.45, 7) is 10.7. The van der Waals surface area contributed by atoms with E-state index < -0.39 is 0 Å². The molecule has 0 amide bonds. The maximum Gasteiger partial charge on any atom is 0.124 e. The first-order valence-corrected chi connectivity index (χ1v) is 9.27. The molecule has 2 heterocycles. The van der Waals surface area contributed by atoms with Crippen LogP contribution in [0.1, 0.15) is 30.9 Å². The summed E-state index contributed by atoms with van der Waals surface area (Å²) in [6, 6.07) is 4.29. The van der Waals surface area contributed by atoms with Gasteiger partial charge < -0.3 is 14.5 Å². The van der Waals surface area contributed by atoms with E-state index in [9.17, 15) is 0 Å². The maximum absolute atomic E-state index is 5.62. The van der Waals surface area contributed by atoms with Crippen molar-refractivity contribution in [3.05, 3.63) is 54.3 Å². The van der Waals surface area contributed by atoms with Crippen molar-refractivity contribution in [3.8, 4) is 5.75 Å². The van der Waals surface area contributed by atoms with Crippen LogP contribution in [-0.2, 0) is 11.3 Å². The molecule has 4 heteroatoms. The molecule has 142 valence electrons. The zero-order valence-electron chi connectivity index (χ0n) is 16.5. The van der Waals surface area contributed by atoms with Gasteiger partial charge in [0.25, 0.3) is 0 Å². The minimum absolute atomic E-state index is 0.424. The molecule has 0 unspecified atom stereocenters. The fourth-order valence-corrected chi connectivity index (χ4v) is 3.44. The molecule has 3 rings (SSSR count). The molecule has 4 nitrogen and oxygen atoms in total. The van der Waals surface area contributed by atoms with Gasteiger partial charge in [-0.05, 0) is 44.4 Å². The molecule has 1 N–H and O–H groups in total. The lowest BCUT2D eigenvalue weighted by atomic mass is 10.0. The third kappa shape index (κ3) is 4.99. The van der Waals surface area contributed by atoms with Gasteiger partial charge >= 0.3 is 0 Å². The molecule has 26 heavy (non-hydrogen) atoms. The van der Waals surface area contributed by atoms with Crippen molar-refractivity contribution in [2.45, 2.75) is 39.3 Å². The van der Waals surface area contributed by atoms with Crippen molar-refractivity contribution in [2.24, 2.45) is 0 Å². The van der Waals surface area contributed by atoms with E-state index in [1.54, 1.807) is 13.2 Å². The van der Waals surface area contributed by atoms with Gasteiger partial charge in [0.15, 0.2) is 0 Å². The quantitative estimate of drug-likeness (QED) is 0.779. The topological polar surface area (TPSA) is 37.5 Å². The van der Waals surface area contributed by atoms with Gasteiger partial charge in [-0.15, -0.1) is 0 Å². The predicted molar refractivity (Wildman–Crippen MR) is 110 cm³/mol. The molecule has 0 atom stereocenters. The van der Waals surface area contributed by atoms with E-state index in [1.165, 1.54) is 22.0 Å². The first-order valence-electron chi connectivity index (χ1n) is 9.27. The molecule has 1 aromatic heterocycles. The van der Waals surface area contributed by atoms with Gasteiger partial charge in [0.1, 0.15) is 5.75 Å². The van der Waals surface area contributed by atoms with Crippen molar-refractivity contribution in [1.29, 1.82) is 0 Å². The number of fused-ring (bicyclic) bond motifs is 1. The van der Waals surface area contributed by atoms with E-state index in [0.29, 0.717) is 6.10 Å². The van der Waals surface area contributed by atoms with Gasteiger partial charge in [-0.25, -0.2) is 0 Å². The Kier molecular flexibility index (Phi) is 7.95. The smallest absolute Gasteiger partial charge is 0.124 e. The van der Waals surface area contributed by atoms with Crippen molar-refractivity contribution >= 4 is 10.9 Å². The highest BCUT2D eigenvalue weighted by Gasteiger charge is 2.21. The summed E-state index contributed by atoms with van der Waals surface area (Å²) in [7, 11) is 3.57. The molecule has 0 radical (unpaired) electrons. The molecule has 0 aliphatic carbocycles. The summed E-state index contributed by atoms with van der Waals surface area (Å²) in [6.07, 6.45) is 10.2. The second-order valence-corrected chi connectivity index (χ2v) is 6.61. The molecule has 0 saturated carbocycles. The summed E-state index contributed by atoms with van der Waals surface area (Å²) in [5, 5.41) is 1.28. The highest BCUT2D eigenvalue weighted by Crippen LogP contribution is 2.32. The highest BCUT2D eigenvalue weighted by atomic mass is 16.5. The number of allylic oxidation sites excluding steroid dienone is 3. The first-order chi connectivity index (χ1) is 12.6. The van der Waals surface area contributed by atoms with Crippen molar-refractivity contribution in [2.75, 3.05) is 27.3 Å². The molecule has 1 aliphatic heterocycles. The van der Waals surface area contributed by atoms with Crippen LogP contribution in [0.15, 0.2) is 43.1 Å². The van der Waals surface area contributed by atoms with E-state index in [4.69, 9.17) is 9.47 Å². The number of rotatable bonds is 5. The Morgan fingerprint density at radius 3 is 2.58 bits per heavy atom. The van der Waals surface area contributed by atoms with Gasteiger partial charge in [0, 0.05) is 49.4 Å². The monoisotopic (exact) mass is 356 g/mol. The Labute approximate surface area is 157 Å². The fraction of sp³-hybridized carbons (Fsp3) is 0.455. The SMILES string of the molecule is C=C/C=C\C.COc1cc(C)c2[nH]ccc2c1CN1CCC(OC)CC1. The second kappa shape index (κ2) is 10.2. The normalized spacial score (nSPS) is 15.8. The molecule has 1 aromatic carbocycles. The van der Waals surface area contributed by atoms with E-state index in [-0.39, 0.29) is 0 Å². The number of aryl methyl sites for hydroxylation is 1. The Balaban J connectivity index is 0.000000431. The zero-order valence-corrected chi connectivity index (χ0v) is 16.5. The van der Waals surface area contributed by atoms with E-state index in [0.717, 1.165) is 38.2 Å². The van der Waals surface area contributed by atoms with Crippen molar-refractivity contribution < 1.29 is 9.47 Å². The van der Waals surface area contributed by atoms with Crippen LogP contribution in [0.3, 0.4) is 0 Å². The number of piperidine rings is 1. The minimum atomic E-state index is 0.424. The molecular weight excluding hydrogens is 324 g/mol. The standard InChI is InChI=1S/C17H24N2O2.C5H8/c1-12-10-16(21-3)15(14-4-7-18-17(12)14)11-19-8-5-13(20-2)6-9-19;1-3-5-4-2/h4,7,10,13,18H,5-6,8-9,11H2,1-3H3;3-5H,1H2,2H3/b;5-4-. The zero-order chi connectivity index (χ0) is 18.9. The van der Waals surface area contributed by atoms with Crippen LogP contribution in [0.2, 0.25) is 0 Å². The van der Waals surface area contributed by atoms with Crippen LogP contribution in [0, 0.1) is 6.92 Å². The van der Waals surface area contributed by atoms with Gasteiger partial charge in [0.05, 0.1) is 13.2 Å². The van der Waals surface area contributed by atoms with Gasteiger partial charge in [-0.2, -0.15) is 0 Å². The molecule has 1 aliphatic rings. The number of likely N-dealkylation sites (tertiary alicyclic amines) is 1. The highest BCUT2D eigenvalue weighted by molar-refractivity contribution is 5.88. The molecule has 1 saturated heterocycles. The Bertz CT molecular complexity index is 725. The van der Waals surface area contributed by atoms with E-state index in [1.807, 2.05) is 32.4 Å². The largest absolute Gasteiger partial charge is 0.496 e. The van der Waals surface area contributed by atoms with Crippen LogP contribution in [0.25, 0.3) is 10.9 Å². The number of nitrogens with one attached hydrogen (secondary N) is 1. The third-order valence-corrected chi connectivity index (χ3v) is 4.91. The average molecular weight is 357 g/mol. The summed E-state index contributed by atoms with van der Waals surface area (Å²) < 4.78 is 11.1. The summed E-state index contributed by atoms with van der Waals surface area (Å²) in [5.74, 6) is 0.994. The fourth-order valence-electron chi connectivity index (χ4n) is 3.44. The number of methoxy groups -OCH3 is 2. The van der Waals surface area contributed by atoms with Crippen LogP contribution in [-0.4, -0.2) is 43.3 Å². The number of ether oxygens (including phenoxy) is 2. The van der Waals surface area contributed by atoms with Crippen LogP contribution in [0.4, 0.5) is 0 Å². The van der Waals surface area contributed by atoms with Crippen molar-refractivity contribution in [3.63, 3.8) is 0 Å². The van der Waals surface area contributed by atoms with Gasteiger partial charge in [-0.1, -0.05) is 24.8 Å². The second-order valence-electron chi connectivity index (χ2n) is 6.61. The van der Waals surface area contributed by atoms with Gasteiger partial charge in [-0.3, -0.25) is 4.90 Å². The maximum atomic E-state index is 5.62. The Morgan fingerprint density at radius 2 is 2.04 bits per heavy atom. The van der Waals surface area contributed by atoms with E-state index in [2.05, 4.69) is 35.5 Å². The Morgan fingerprint density at radius 1 is 1.31 bits per heavy atom. The van der Waals surface area contributed by atoms with Crippen LogP contribution >= 0.6 is 0 Å². The number of benzene rings is 1.